The molecule has 1 fully saturated rings. The Labute approximate surface area is 470 Å². The Morgan fingerprint density at radius 1 is 0.658 bits per heavy atom. The quantitative estimate of drug-likeness (QED) is 0.0407. The summed E-state index contributed by atoms with van der Waals surface area (Å²) in [6.45, 7) is 1.56. The molecule has 0 aromatic heterocycles. The number of nitrogens with one attached hydrogen (secondary N) is 7. The summed E-state index contributed by atoms with van der Waals surface area (Å²) >= 11 is 6.07. The van der Waals surface area contributed by atoms with Crippen molar-refractivity contribution in [1.29, 1.82) is 0 Å². The monoisotopic (exact) mass is 1150 g/mol. The molecule has 1 aliphatic heterocycles. The fourth-order valence-electron chi connectivity index (χ4n) is 8.19. The number of carbonyl (C=O) groups excluding carboxylic acids is 9. The Morgan fingerprint density at radius 2 is 1.20 bits per heavy atom. The molecule has 17 N–H and O–H groups in total. The first-order chi connectivity index (χ1) is 37.7. The highest BCUT2D eigenvalue weighted by atomic mass is 35.5. The van der Waals surface area contributed by atoms with Gasteiger partial charge in [-0.2, -0.15) is 0 Å². The predicted molar refractivity (Wildman–Crippen MR) is 301 cm³/mol. The Hall–Kier alpha value is -7.22. The van der Waals surface area contributed by atoms with Crippen LogP contribution in [0.25, 0.3) is 0 Å². The molecule has 1 saturated heterocycles. The third-order valence-electron chi connectivity index (χ3n) is 12.7. The molecule has 424 valence electrons. The molecule has 5 rings (SSSR count). The number of unbranched alkanes of at least 4 members (excludes halogenated alkanes) is 2. The average molecular weight is 1150 g/mol. The van der Waals surface area contributed by atoms with Crippen LogP contribution in [0, 0.1) is 0 Å². The highest BCUT2D eigenvalue weighted by Gasteiger charge is 2.36. The molecule has 0 saturated carbocycles. The number of aliphatic hydroxyl groups excluding tert-OH is 1. The highest BCUT2D eigenvalue weighted by Crippen LogP contribution is 2.24. The van der Waals surface area contributed by atoms with Crippen LogP contribution in [0.1, 0.15) is 65.2 Å². The number of amides is 9. The summed E-state index contributed by atoms with van der Waals surface area (Å²) in [6, 6.07) is 15.5. The van der Waals surface area contributed by atoms with Gasteiger partial charge in [0, 0.05) is 41.4 Å². The summed E-state index contributed by atoms with van der Waals surface area (Å²) in [5, 5.41) is 40.1. The molecule has 79 heavy (non-hydrogen) atoms. The number of aromatic hydroxyl groups is 1. The molecule has 1 unspecified atom stereocenters. The zero-order valence-corrected chi connectivity index (χ0v) is 45.8. The van der Waals surface area contributed by atoms with Crippen molar-refractivity contribution in [2.24, 2.45) is 22.9 Å². The standard InChI is InChI=1S/C54H68ClN11O11S2/c1-30(67)45-54(77)65-44(52(75)61-40(47(59)70)25-31-8-4-2-5-9-31)29-79-78-28-43(64-48(71)38(57)24-32-13-19-36(55)20-14-32)53(76)63-42(27-34-15-21-37(68)22-16-34)51(74)62-41(26-33-11-17-35(18-12-33)46(58)69)50(73)60-39(49(72)66-45)10-6-3-7-23-56/h2,4-5,8-9,11-22,30,38-45,67-68H,3,6-7,10,23-29,56-57H2,1H3,(H2,58,69)(H2,59,70)(H,60,73)(H,61,75)(H,62,74)(H,63,76)(H,64,71)(H,65,77)(H,66,72)/t30-,38+,39+,40?,41-,42+,43-,44+,45+/m1/s1. The van der Waals surface area contributed by atoms with Crippen LogP contribution in [-0.4, -0.2) is 136 Å². The number of halogens is 1. The number of phenols is 1. The van der Waals surface area contributed by atoms with E-state index < -0.39 is 108 Å². The lowest BCUT2D eigenvalue weighted by Crippen LogP contribution is -2.62. The minimum absolute atomic E-state index is 0.00941. The van der Waals surface area contributed by atoms with Crippen LogP contribution < -0.4 is 60.2 Å². The van der Waals surface area contributed by atoms with Crippen molar-refractivity contribution >= 4 is 86.4 Å². The molecule has 9 atom stereocenters. The SMILES string of the molecule is C[C@@H](O)[C@@H]1NC(=O)[C@H](CCCCCN)NC(=O)[C@@H](Cc2ccc(C(N)=O)cc2)NC(=O)[C@H](Cc2ccc(O)cc2)NC(=O)[C@H](NC(=O)[C@@H](N)Cc2ccc(Cl)cc2)CSSC[C@@H](C(=O)NC(Cc2ccccc2)C(N)=O)NC1=O. The second-order valence-corrected chi connectivity index (χ2v) is 22.0. The van der Waals surface area contributed by atoms with Gasteiger partial charge in [-0.05, 0) is 91.4 Å². The van der Waals surface area contributed by atoms with Crippen LogP contribution in [0.2, 0.25) is 5.02 Å². The number of hydrogen-bond donors (Lipinski definition) is 13. The van der Waals surface area contributed by atoms with Crippen molar-refractivity contribution < 1.29 is 53.4 Å². The Balaban J connectivity index is 1.58. The van der Waals surface area contributed by atoms with Gasteiger partial charge in [-0.15, -0.1) is 0 Å². The van der Waals surface area contributed by atoms with E-state index in [1.807, 2.05) is 0 Å². The van der Waals surface area contributed by atoms with Gasteiger partial charge >= 0.3 is 0 Å². The van der Waals surface area contributed by atoms with Gasteiger partial charge in [-0.3, -0.25) is 43.2 Å². The van der Waals surface area contributed by atoms with E-state index in [0.29, 0.717) is 53.1 Å². The van der Waals surface area contributed by atoms with Crippen LogP contribution >= 0.6 is 33.2 Å². The summed E-state index contributed by atoms with van der Waals surface area (Å²) in [4.78, 5) is 125. The van der Waals surface area contributed by atoms with Crippen molar-refractivity contribution in [2.45, 2.75) is 113 Å². The van der Waals surface area contributed by atoms with Gasteiger partial charge in [0.25, 0.3) is 0 Å². The lowest BCUT2D eigenvalue weighted by molar-refractivity contribution is -0.136. The summed E-state index contributed by atoms with van der Waals surface area (Å²) in [7, 11) is 1.95. The third kappa shape index (κ3) is 20.5. The molecule has 4 aromatic carbocycles. The molecular formula is C54H68ClN11O11S2. The summed E-state index contributed by atoms with van der Waals surface area (Å²) in [6.07, 6.45) is -0.582. The van der Waals surface area contributed by atoms with Crippen LogP contribution in [0.5, 0.6) is 5.75 Å². The lowest BCUT2D eigenvalue weighted by Gasteiger charge is -2.29. The van der Waals surface area contributed by atoms with E-state index >= 15 is 0 Å². The van der Waals surface area contributed by atoms with Crippen molar-refractivity contribution in [2.75, 3.05) is 18.1 Å². The molecule has 0 radical (unpaired) electrons. The van der Waals surface area contributed by atoms with E-state index in [-0.39, 0.29) is 54.9 Å². The number of aliphatic hydroxyl groups is 1. The van der Waals surface area contributed by atoms with E-state index in [0.717, 1.165) is 21.6 Å². The minimum Gasteiger partial charge on any atom is -0.508 e. The maximum Gasteiger partial charge on any atom is 0.248 e. The Bertz CT molecular complexity index is 2730. The van der Waals surface area contributed by atoms with Crippen LogP contribution in [0.15, 0.2) is 103 Å². The first-order valence-corrected chi connectivity index (χ1v) is 28.3. The fraction of sp³-hybridized carbons (Fsp3) is 0.389. The minimum atomic E-state index is -1.73. The number of primary amides is 2. The Kier molecular flexibility index (Phi) is 24.9. The van der Waals surface area contributed by atoms with Crippen LogP contribution in [-0.2, 0) is 64.0 Å². The second kappa shape index (κ2) is 31.4. The van der Waals surface area contributed by atoms with E-state index in [2.05, 4.69) is 37.2 Å². The first kappa shape index (κ1) is 62.6. The van der Waals surface area contributed by atoms with Crippen molar-refractivity contribution in [3.05, 3.63) is 136 Å². The largest absolute Gasteiger partial charge is 0.508 e. The van der Waals surface area contributed by atoms with Gasteiger partial charge < -0.3 is 70.4 Å². The van der Waals surface area contributed by atoms with E-state index in [4.69, 9.17) is 34.5 Å². The number of phenolic OH excluding ortho intramolecular Hbond substituents is 1. The smallest absolute Gasteiger partial charge is 0.248 e. The molecule has 0 bridgehead atoms. The highest BCUT2D eigenvalue weighted by molar-refractivity contribution is 8.76. The number of rotatable bonds is 20. The van der Waals surface area contributed by atoms with Gasteiger partial charge in [0.15, 0.2) is 0 Å². The van der Waals surface area contributed by atoms with E-state index in [9.17, 15) is 53.4 Å². The molecule has 9 amide bonds. The van der Waals surface area contributed by atoms with E-state index in [1.165, 1.54) is 55.5 Å². The maximum absolute atomic E-state index is 14.8. The zero-order valence-electron chi connectivity index (χ0n) is 43.4. The lowest BCUT2D eigenvalue weighted by atomic mass is 10.00. The topological polar surface area (TPSA) is 382 Å². The second-order valence-electron chi connectivity index (χ2n) is 19.0. The summed E-state index contributed by atoms with van der Waals surface area (Å²) in [5.41, 5.74) is 25.7. The number of benzene rings is 4. The van der Waals surface area contributed by atoms with Gasteiger partial charge in [0.05, 0.1) is 12.1 Å². The zero-order chi connectivity index (χ0) is 57.6. The number of nitrogens with two attached hydrogens (primary N) is 4. The fourth-order valence-corrected chi connectivity index (χ4v) is 10.6. The molecule has 0 aliphatic carbocycles. The molecule has 4 aromatic rings. The van der Waals surface area contributed by atoms with Gasteiger partial charge in [-0.25, -0.2) is 0 Å². The van der Waals surface area contributed by atoms with Gasteiger partial charge in [0.1, 0.15) is 48.0 Å². The van der Waals surface area contributed by atoms with Crippen molar-refractivity contribution in [3.8, 4) is 5.75 Å². The average Bonchev–Trinajstić information content (AvgIpc) is 3.41. The Morgan fingerprint density at radius 3 is 1.78 bits per heavy atom. The van der Waals surface area contributed by atoms with Crippen molar-refractivity contribution in [1.82, 2.24) is 37.2 Å². The summed E-state index contributed by atoms with van der Waals surface area (Å²) < 4.78 is 0. The third-order valence-corrected chi connectivity index (χ3v) is 15.4. The predicted octanol–water partition coefficient (Wildman–Crippen LogP) is -0.0838. The molecule has 25 heteroatoms. The molecule has 22 nitrogen and oxygen atoms in total. The first-order valence-electron chi connectivity index (χ1n) is 25.5. The number of carbonyl (C=O) groups is 9. The molecule has 1 aliphatic rings. The molecular weight excluding hydrogens is 1080 g/mol. The normalized spacial score (nSPS) is 21.1. The maximum atomic E-state index is 14.8. The van der Waals surface area contributed by atoms with Gasteiger partial charge in [0.2, 0.25) is 53.2 Å². The van der Waals surface area contributed by atoms with Crippen LogP contribution in [0.3, 0.4) is 0 Å². The van der Waals surface area contributed by atoms with Crippen LogP contribution in [0.4, 0.5) is 0 Å². The van der Waals surface area contributed by atoms with Crippen molar-refractivity contribution in [3.63, 3.8) is 0 Å². The number of hydrogen-bond acceptors (Lipinski definition) is 15. The molecule has 0 spiro atoms. The van der Waals surface area contributed by atoms with Gasteiger partial charge in [-0.1, -0.05) is 113 Å². The molecule has 1 heterocycles. The van der Waals surface area contributed by atoms with E-state index in [1.54, 1.807) is 54.6 Å². The summed E-state index contributed by atoms with van der Waals surface area (Å²) in [5.74, 6) is -8.41.